The smallest absolute Gasteiger partial charge is 0.332 e. The Balaban J connectivity index is 1.23. The second kappa shape index (κ2) is 33.2. The molecule has 5 amide bonds. The third kappa shape index (κ3) is 27.5. The minimum absolute atomic E-state index is 0.116. The molecule has 1 aliphatic carbocycles. The third-order valence-electron chi connectivity index (χ3n) is 12.4. The molecule has 3 atom stereocenters. The number of esters is 4. The van der Waals surface area contributed by atoms with Crippen LogP contribution in [0.2, 0.25) is 0 Å². The Kier molecular flexibility index (Phi) is 27.3. The lowest BCUT2D eigenvalue weighted by Crippen LogP contribution is -2.53. The molecule has 0 aliphatic heterocycles. The molecule has 4 rings (SSSR count). The summed E-state index contributed by atoms with van der Waals surface area (Å²) in [5, 5.41) is 16.2. The van der Waals surface area contributed by atoms with Crippen molar-refractivity contribution >= 4 is 58.4 Å². The molecule has 442 valence electrons. The number of unbranched alkanes of at least 4 members (excludes halogenated alkanes) is 1. The monoisotopic (exact) mass is 1120 g/mol. The molecule has 80 heavy (non-hydrogen) atoms. The number of carbonyl (C=O) groups excluding carboxylic acids is 8. The average molecular weight is 1120 g/mol. The van der Waals surface area contributed by atoms with Crippen molar-refractivity contribution in [3.05, 3.63) is 83.9 Å². The first kappa shape index (κ1) is 65.9. The largest absolute Gasteiger partial charge is 0.460 e. The van der Waals surface area contributed by atoms with Crippen molar-refractivity contribution in [2.75, 3.05) is 52.7 Å². The second-order valence-corrected chi connectivity index (χ2v) is 23.0. The summed E-state index contributed by atoms with van der Waals surface area (Å²) in [7, 11) is 0. The Labute approximate surface area is 471 Å². The molecule has 20 nitrogen and oxygen atoms in total. The summed E-state index contributed by atoms with van der Waals surface area (Å²) in [6, 6.07) is 19.1. The maximum absolute atomic E-state index is 14.0. The Morgan fingerprint density at radius 1 is 0.550 bits per heavy atom. The number of hydrogen-bond acceptors (Lipinski definition) is 15. The van der Waals surface area contributed by atoms with Gasteiger partial charge in [-0.05, 0) is 141 Å². The highest BCUT2D eigenvalue weighted by Crippen LogP contribution is 2.29. The van der Waals surface area contributed by atoms with Crippen molar-refractivity contribution in [1.29, 1.82) is 0 Å². The van der Waals surface area contributed by atoms with Gasteiger partial charge in [0.05, 0.1) is 26.4 Å². The quantitative estimate of drug-likeness (QED) is 0.0255. The van der Waals surface area contributed by atoms with Crippen molar-refractivity contribution in [3.63, 3.8) is 0 Å². The van der Waals surface area contributed by atoms with Crippen LogP contribution in [-0.4, -0.2) is 135 Å². The number of carbonyl (C=O) groups is 8. The van der Waals surface area contributed by atoms with Crippen molar-refractivity contribution < 1.29 is 71.5 Å². The minimum Gasteiger partial charge on any atom is -0.460 e. The van der Waals surface area contributed by atoms with E-state index in [1.807, 2.05) is 72.8 Å². The predicted octanol–water partition coefficient (Wildman–Crippen LogP) is 6.71. The lowest BCUT2D eigenvalue weighted by molar-refractivity contribution is -0.159. The third-order valence-corrected chi connectivity index (χ3v) is 12.4. The van der Waals surface area contributed by atoms with E-state index in [4.69, 9.17) is 33.2 Å². The van der Waals surface area contributed by atoms with Crippen LogP contribution in [0.5, 0.6) is 0 Å². The van der Waals surface area contributed by atoms with Crippen LogP contribution in [0.3, 0.4) is 0 Å². The molecule has 20 heteroatoms. The van der Waals surface area contributed by atoms with E-state index in [9.17, 15) is 38.4 Å². The van der Waals surface area contributed by atoms with E-state index in [2.05, 4.69) is 26.6 Å². The molecule has 3 aromatic rings. The summed E-state index contributed by atoms with van der Waals surface area (Å²) in [6.45, 7) is 16.7. The van der Waals surface area contributed by atoms with Crippen LogP contribution >= 0.6 is 0 Å². The van der Waals surface area contributed by atoms with Crippen LogP contribution in [0.25, 0.3) is 10.8 Å². The first-order chi connectivity index (χ1) is 37.8. The molecule has 1 saturated carbocycles. The number of hydrogen-bond donors (Lipinski definition) is 5. The van der Waals surface area contributed by atoms with Gasteiger partial charge in [0.2, 0.25) is 17.7 Å². The molecule has 0 aromatic heterocycles. The highest BCUT2D eigenvalue weighted by Gasteiger charge is 2.33. The van der Waals surface area contributed by atoms with Crippen LogP contribution in [0.4, 0.5) is 4.79 Å². The number of rotatable bonds is 31. The summed E-state index contributed by atoms with van der Waals surface area (Å²) in [6.07, 6.45) is 3.41. The van der Waals surface area contributed by atoms with Gasteiger partial charge in [-0.1, -0.05) is 72.8 Å². The van der Waals surface area contributed by atoms with Gasteiger partial charge in [0, 0.05) is 31.8 Å². The van der Waals surface area contributed by atoms with E-state index < -0.39 is 64.8 Å². The van der Waals surface area contributed by atoms with Crippen LogP contribution < -0.4 is 26.6 Å². The number of urea groups is 1. The van der Waals surface area contributed by atoms with Crippen molar-refractivity contribution in [3.8, 4) is 0 Å². The molecular weight excluding hydrogens is 1030 g/mol. The van der Waals surface area contributed by atoms with E-state index in [-0.39, 0.29) is 108 Å². The summed E-state index contributed by atoms with van der Waals surface area (Å²) in [5.74, 6) is -3.49. The molecule has 1 aliphatic rings. The number of nitrogens with one attached hydrogen (secondary N) is 5. The van der Waals surface area contributed by atoms with Gasteiger partial charge in [-0.3, -0.25) is 19.2 Å². The molecule has 0 saturated heterocycles. The molecule has 0 spiro atoms. The molecular formula is C60H87N5O15. The zero-order chi connectivity index (χ0) is 58.7. The molecule has 0 heterocycles. The number of ether oxygens (including phenoxy) is 7. The molecule has 0 radical (unpaired) electrons. The fourth-order valence-electron chi connectivity index (χ4n) is 8.54. The van der Waals surface area contributed by atoms with Gasteiger partial charge < -0.3 is 59.7 Å². The van der Waals surface area contributed by atoms with Crippen molar-refractivity contribution in [1.82, 2.24) is 26.6 Å². The topological polar surface area (TPSA) is 261 Å². The fraction of sp³-hybridized carbons (Fsp3) is 0.600. The van der Waals surface area contributed by atoms with Crippen LogP contribution in [0.1, 0.15) is 131 Å². The van der Waals surface area contributed by atoms with Gasteiger partial charge in [-0.15, -0.1) is 0 Å². The maximum atomic E-state index is 14.0. The SMILES string of the molecule is CC(C)(C)OC(=O)CC[C@H](NC(=O)N[C@@H](CCCCNC(=O)[C@H](Cc1ccc2ccccc2c1)NC(=O)C1CCC(CNC(=O)COCCOCCOCC(=O)OCc2ccccc2)CC1)C(=O)OC(C)(C)C)C(=O)OC(C)(C)C. The van der Waals surface area contributed by atoms with Crippen LogP contribution in [-0.2, 0) is 79.7 Å². The van der Waals surface area contributed by atoms with E-state index in [0.29, 0.717) is 45.1 Å². The predicted molar refractivity (Wildman–Crippen MR) is 300 cm³/mol. The zero-order valence-corrected chi connectivity index (χ0v) is 48.4. The van der Waals surface area contributed by atoms with E-state index in [0.717, 1.165) is 21.9 Å². The lowest BCUT2D eigenvalue weighted by Gasteiger charge is -2.29. The number of amides is 5. The van der Waals surface area contributed by atoms with Crippen molar-refractivity contribution in [2.45, 2.75) is 168 Å². The van der Waals surface area contributed by atoms with Crippen LogP contribution in [0, 0.1) is 11.8 Å². The average Bonchev–Trinajstić information content (AvgIpc) is 3.38. The highest BCUT2D eigenvalue weighted by molar-refractivity contribution is 5.90. The van der Waals surface area contributed by atoms with Crippen molar-refractivity contribution in [2.24, 2.45) is 11.8 Å². The lowest BCUT2D eigenvalue weighted by atomic mass is 9.81. The van der Waals surface area contributed by atoms with Crippen LogP contribution in [0.15, 0.2) is 72.8 Å². The van der Waals surface area contributed by atoms with E-state index in [1.165, 1.54) is 0 Å². The molecule has 0 unspecified atom stereocenters. The van der Waals surface area contributed by atoms with Gasteiger partial charge >= 0.3 is 29.9 Å². The number of fused-ring (bicyclic) bond motifs is 1. The summed E-state index contributed by atoms with van der Waals surface area (Å²) < 4.78 is 37.9. The Morgan fingerprint density at radius 2 is 1.12 bits per heavy atom. The summed E-state index contributed by atoms with van der Waals surface area (Å²) >= 11 is 0. The van der Waals surface area contributed by atoms with Gasteiger partial charge in [-0.25, -0.2) is 19.2 Å². The Morgan fingerprint density at radius 3 is 1.75 bits per heavy atom. The highest BCUT2D eigenvalue weighted by atomic mass is 16.6. The first-order valence-corrected chi connectivity index (χ1v) is 27.8. The first-order valence-electron chi connectivity index (χ1n) is 27.8. The molecule has 0 bridgehead atoms. The normalized spacial score (nSPS) is 15.8. The fourth-order valence-corrected chi connectivity index (χ4v) is 8.54. The van der Waals surface area contributed by atoms with E-state index >= 15 is 0 Å². The molecule has 3 aromatic carbocycles. The second-order valence-electron chi connectivity index (χ2n) is 23.0. The molecule has 1 fully saturated rings. The zero-order valence-electron chi connectivity index (χ0n) is 48.4. The van der Waals surface area contributed by atoms with E-state index in [1.54, 1.807) is 62.3 Å². The standard InChI is InChI=1S/C60H87N5O15/c1-58(2,3)78-51(67)29-28-48(56(72)80-60(7,8)9)65-57(73)64-47(55(71)79-59(4,5)6)21-15-16-30-61-54(70)49(36-43-24-25-44-19-13-14-20-46(44)35-43)63-53(69)45-26-22-41(23-27-45)37-62-50(66)39-75-33-31-74-32-34-76-40-52(68)77-38-42-17-11-10-12-18-42/h10-14,17-20,24-25,35,41,45,47-49H,15-16,21-23,26-34,36-40H2,1-9H3,(H,61,70)(H,62,66)(H,63,69)(H2,64,65,73)/t41?,45?,47-,48-,49-/m0/s1. The van der Waals surface area contributed by atoms with Gasteiger partial charge in [0.1, 0.15) is 54.7 Å². The molecule has 5 N–H and O–H groups in total. The van der Waals surface area contributed by atoms with Gasteiger partial charge in [-0.2, -0.15) is 0 Å². The maximum Gasteiger partial charge on any atom is 0.332 e. The van der Waals surface area contributed by atoms with Gasteiger partial charge in [0.15, 0.2) is 0 Å². The minimum atomic E-state index is -1.24. The number of benzene rings is 3. The Bertz CT molecular complexity index is 2460. The summed E-state index contributed by atoms with van der Waals surface area (Å²) in [5.41, 5.74) is -0.769. The van der Waals surface area contributed by atoms with Gasteiger partial charge in [0.25, 0.3) is 0 Å². The summed E-state index contributed by atoms with van der Waals surface area (Å²) in [4.78, 5) is 105. The Hall–Kier alpha value is -6.64.